The average Bonchev–Trinajstić information content (AvgIpc) is 3.09. The first kappa shape index (κ1) is 16.2. The van der Waals surface area contributed by atoms with Crippen LogP contribution in [-0.4, -0.2) is 16.8 Å². The molecule has 0 radical (unpaired) electrons. The highest BCUT2D eigenvalue weighted by molar-refractivity contribution is 5.65. The van der Waals surface area contributed by atoms with Crippen LogP contribution in [0.25, 0.3) is 0 Å². The van der Waals surface area contributed by atoms with Gasteiger partial charge in [0.2, 0.25) is 6.79 Å². The van der Waals surface area contributed by atoms with Gasteiger partial charge in [-0.3, -0.25) is 0 Å². The molecule has 26 heavy (non-hydrogen) atoms. The molecule has 6 heteroatoms. The summed E-state index contributed by atoms with van der Waals surface area (Å²) in [6, 6.07) is 15.9. The fraction of sp³-hybridized carbons (Fsp3) is 0.200. The first-order valence-corrected chi connectivity index (χ1v) is 8.58. The summed E-state index contributed by atoms with van der Waals surface area (Å²) in [7, 11) is 0. The minimum absolute atomic E-state index is 0.260. The second-order valence-corrected chi connectivity index (χ2v) is 6.05. The first-order chi connectivity index (χ1) is 12.7. The van der Waals surface area contributed by atoms with E-state index in [2.05, 4.69) is 51.8 Å². The first-order valence-electron chi connectivity index (χ1n) is 8.58. The zero-order chi connectivity index (χ0) is 17.9. The van der Waals surface area contributed by atoms with Crippen molar-refractivity contribution in [1.29, 1.82) is 0 Å². The summed E-state index contributed by atoms with van der Waals surface area (Å²) in [5.74, 6) is 3.62. The van der Waals surface area contributed by atoms with Crippen LogP contribution >= 0.6 is 0 Å². The van der Waals surface area contributed by atoms with Gasteiger partial charge in [0, 0.05) is 23.5 Å². The van der Waals surface area contributed by atoms with E-state index in [-0.39, 0.29) is 6.79 Å². The average molecular weight is 348 g/mol. The van der Waals surface area contributed by atoms with Crippen LogP contribution in [0.3, 0.4) is 0 Å². The minimum Gasteiger partial charge on any atom is -0.454 e. The summed E-state index contributed by atoms with van der Waals surface area (Å²) in [4.78, 5) is 8.92. The maximum atomic E-state index is 5.41. The normalized spacial score (nSPS) is 12.1. The summed E-state index contributed by atoms with van der Waals surface area (Å²) < 4.78 is 10.8. The van der Waals surface area contributed by atoms with E-state index in [9.17, 15) is 0 Å². The summed E-state index contributed by atoms with van der Waals surface area (Å²) in [5, 5.41) is 6.62. The Bertz CT molecular complexity index is 926. The van der Waals surface area contributed by atoms with E-state index in [1.54, 1.807) is 0 Å². The Labute approximate surface area is 152 Å². The van der Waals surface area contributed by atoms with Gasteiger partial charge in [0.1, 0.15) is 17.5 Å². The molecule has 2 aromatic carbocycles. The van der Waals surface area contributed by atoms with E-state index in [0.717, 1.165) is 35.1 Å². The lowest BCUT2D eigenvalue weighted by Gasteiger charge is -2.11. The van der Waals surface area contributed by atoms with Crippen molar-refractivity contribution in [2.45, 2.75) is 20.3 Å². The molecule has 0 aliphatic carbocycles. The van der Waals surface area contributed by atoms with E-state index in [0.29, 0.717) is 11.6 Å². The fourth-order valence-electron chi connectivity index (χ4n) is 2.79. The van der Waals surface area contributed by atoms with Crippen molar-refractivity contribution >= 4 is 23.0 Å². The molecule has 2 N–H and O–H groups in total. The van der Waals surface area contributed by atoms with Crippen LogP contribution in [0.1, 0.15) is 18.3 Å². The van der Waals surface area contributed by atoms with Gasteiger partial charge in [-0.15, -0.1) is 0 Å². The number of benzene rings is 2. The third kappa shape index (κ3) is 3.54. The lowest BCUT2D eigenvalue weighted by atomic mass is 10.1. The van der Waals surface area contributed by atoms with Gasteiger partial charge in [-0.1, -0.05) is 19.1 Å². The number of ether oxygens (including phenoxy) is 2. The van der Waals surface area contributed by atoms with E-state index in [4.69, 9.17) is 9.47 Å². The van der Waals surface area contributed by atoms with Crippen LogP contribution in [-0.2, 0) is 6.42 Å². The Morgan fingerprint density at radius 3 is 2.23 bits per heavy atom. The molecular formula is C20H20N4O2. The molecule has 1 aliphatic rings. The maximum absolute atomic E-state index is 5.41. The number of anilines is 4. The Kier molecular flexibility index (Phi) is 4.31. The van der Waals surface area contributed by atoms with Crippen LogP contribution in [0.2, 0.25) is 0 Å². The molecule has 4 rings (SSSR count). The summed E-state index contributed by atoms with van der Waals surface area (Å²) in [6.45, 7) is 4.27. The number of aryl methyl sites for hydroxylation is 2. The highest BCUT2D eigenvalue weighted by atomic mass is 16.7. The van der Waals surface area contributed by atoms with Gasteiger partial charge < -0.3 is 20.1 Å². The zero-order valence-electron chi connectivity index (χ0n) is 14.7. The van der Waals surface area contributed by atoms with E-state index >= 15 is 0 Å². The molecule has 0 saturated heterocycles. The lowest BCUT2D eigenvalue weighted by Crippen LogP contribution is -2.01. The van der Waals surface area contributed by atoms with Crippen molar-refractivity contribution in [3.63, 3.8) is 0 Å². The van der Waals surface area contributed by atoms with Gasteiger partial charge in [-0.2, -0.15) is 0 Å². The molecule has 0 saturated carbocycles. The zero-order valence-corrected chi connectivity index (χ0v) is 14.7. The van der Waals surface area contributed by atoms with Crippen molar-refractivity contribution in [3.05, 3.63) is 59.9 Å². The molecule has 0 atom stereocenters. The summed E-state index contributed by atoms with van der Waals surface area (Å²) in [6.07, 6.45) is 1.02. The number of hydrogen-bond donors (Lipinski definition) is 2. The molecule has 1 aromatic heterocycles. The molecule has 1 aliphatic heterocycles. The van der Waals surface area contributed by atoms with Crippen molar-refractivity contribution in [3.8, 4) is 11.5 Å². The topological polar surface area (TPSA) is 68.3 Å². The number of fused-ring (bicyclic) bond motifs is 1. The quantitative estimate of drug-likeness (QED) is 0.704. The predicted molar refractivity (Wildman–Crippen MR) is 102 cm³/mol. The van der Waals surface area contributed by atoms with Crippen LogP contribution < -0.4 is 20.1 Å². The van der Waals surface area contributed by atoms with Crippen molar-refractivity contribution in [1.82, 2.24) is 9.97 Å². The highest BCUT2D eigenvalue weighted by Gasteiger charge is 2.13. The number of hydrogen-bond acceptors (Lipinski definition) is 6. The molecule has 0 unspecified atom stereocenters. The number of nitrogens with one attached hydrogen (secondary N) is 2. The number of rotatable bonds is 5. The maximum Gasteiger partial charge on any atom is 0.231 e. The molecule has 3 aromatic rings. The highest BCUT2D eigenvalue weighted by Crippen LogP contribution is 2.35. The standard InChI is InChI=1S/C20H20N4O2/c1-3-14-4-6-15(7-5-14)23-19-11-20(22-13(2)21-19)24-16-8-9-17-18(10-16)26-12-25-17/h4-11H,3,12H2,1-2H3,(H2,21,22,23,24). The van der Waals surface area contributed by atoms with Crippen molar-refractivity contribution < 1.29 is 9.47 Å². The third-order valence-electron chi connectivity index (χ3n) is 4.12. The predicted octanol–water partition coefficient (Wildman–Crippen LogP) is 4.56. The fourth-order valence-corrected chi connectivity index (χ4v) is 2.79. The summed E-state index contributed by atoms with van der Waals surface area (Å²) in [5.41, 5.74) is 3.18. The third-order valence-corrected chi connectivity index (χ3v) is 4.12. The van der Waals surface area contributed by atoms with Gasteiger partial charge >= 0.3 is 0 Å². The Balaban J connectivity index is 1.53. The second-order valence-electron chi connectivity index (χ2n) is 6.05. The second kappa shape index (κ2) is 6.92. The van der Waals surface area contributed by atoms with Gasteiger partial charge in [0.15, 0.2) is 11.5 Å². The van der Waals surface area contributed by atoms with Gasteiger partial charge in [0.25, 0.3) is 0 Å². The van der Waals surface area contributed by atoms with E-state index in [1.165, 1.54) is 5.56 Å². The van der Waals surface area contributed by atoms with Crippen LogP contribution in [0.4, 0.5) is 23.0 Å². The van der Waals surface area contributed by atoms with E-state index in [1.807, 2.05) is 31.2 Å². The Morgan fingerprint density at radius 1 is 0.846 bits per heavy atom. The van der Waals surface area contributed by atoms with Crippen molar-refractivity contribution in [2.75, 3.05) is 17.4 Å². The molecule has 0 spiro atoms. The van der Waals surface area contributed by atoms with Crippen LogP contribution in [0, 0.1) is 6.92 Å². The van der Waals surface area contributed by atoms with Crippen LogP contribution in [0.5, 0.6) is 11.5 Å². The molecular weight excluding hydrogens is 328 g/mol. The van der Waals surface area contributed by atoms with Gasteiger partial charge in [-0.25, -0.2) is 9.97 Å². The lowest BCUT2D eigenvalue weighted by molar-refractivity contribution is 0.174. The Morgan fingerprint density at radius 2 is 1.50 bits per heavy atom. The Hall–Kier alpha value is -3.28. The van der Waals surface area contributed by atoms with Crippen LogP contribution in [0.15, 0.2) is 48.5 Å². The summed E-state index contributed by atoms with van der Waals surface area (Å²) >= 11 is 0. The molecule has 6 nitrogen and oxygen atoms in total. The van der Waals surface area contributed by atoms with E-state index < -0.39 is 0 Å². The number of nitrogens with zero attached hydrogens (tertiary/aromatic N) is 2. The molecule has 0 fully saturated rings. The van der Waals surface area contributed by atoms with Gasteiger partial charge in [-0.05, 0) is 43.2 Å². The molecule has 0 amide bonds. The minimum atomic E-state index is 0.260. The monoisotopic (exact) mass is 348 g/mol. The van der Waals surface area contributed by atoms with Crippen molar-refractivity contribution in [2.24, 2.45) is 0 Å². The number of aromatic nitrogens is 2. The largest absolute Gasteiger partial charge is 0.454 e. The molecule has 2 heterocycles. The van der Waals surface area contributed by atoms with Gasteiger partial charge in [0.05, 0.1) is 0 Å². The smallest absolute Gasteiger partial charge is 0.231 e. The molecule has 0 bridgehead atoms. The molecule has 132 valence electrons. The SMILES string of the molecule is CCc1ccc(Nc2cc(Nc3ccc4c(c3)OCO4)nc(C)n2)cc1.